The van der Waals surface area contributed by atoms with E-state index in [9.17, 15) is 4.79 Å². The maximum atomic E-state index is 13.1. The van der Waals surface area contributed by atoms with Crippen LogP contribution < -0.4 is 5.32 Å². The molecule has 3 nitrogen and oxygen atoms in total. The number of rotatable bonds is 7. The standard InChI is InChI=1S/C30H32N2O/c33-29(28(25-11-3-1-4-12-25)26-13-5-2-6-14-26)31-20-9-21-32-22-18-30(19-23-32)17-16-24-10-7-8-15-27(24)30/h1-8,10-17,28H,9,18-23H2,(H,31,33). The summed E-state index contributed by atoms with van der Waals surface area (Å²) >= 11 is 0. The lowest BCUT2D eigenvalue weighted by Gasteiger charge is -2.39. The summed E-state index contributed by atoms with van der Waals surface area (Å²) in [4.78, 5) is 15.7. The molecular weight excluding hydrogens is 404 g/mol. The monoisotopic (exact) mass is 436 g/mol. The van der Waals surface area contributed by atoms with Crippen LogP contribution in [0.3, 0.4) is 0 Å². The van der Waals surface area contributed by atoms with Gasteiger partial charge in [-0.05, 0) is 61.2 Å². The topological polar surface area (TPSA) is 32.3 Å². The van der Waals surface area contributed by atoms with E-state index >= 15 is 0 Å². The molecule has 1 aliphatic heterocycles. The third-order valence-electron chi connectivity index (χ3n) is 7.31. The minimum absolute atomic E-state index is 0.0812. The molecule has 33 heavy (non-hydrogen) atoms. The summed E-state index contributed by atoms with van der Waals surface area (Å²) in [5.74, 6) is -0.186. The Balaban J connectivity index is 1.12. The third kappa shape index (κ3) is 4.65. The molecule has 1 fully saturated rings. The SMILES string of the molecule is O=C(NCCCN1CCC2(C=Cc3ccccc32)CC1)C(c1ccccc1)c1ccccc1. The van der Waals surface area contributed by atoms with Gasteiger partial charge in [-0.15, -0.1) is 0 Å². The van der Waals surface area contributed by atoms with E-state index in [-0.39, 0.29) is 17.2 Å². The highest BCUT2D eigenvalue weighted by Crippen LogP contribution is 2.43. The van der Waals surface area contributed by atoms with Crippen LogP contribution in [0.25, 0.3) is 6.08 Å². The van der Waals surface area contributed by atoms with E-state index in [2.05, 4.69) is 46.6 Å². The summed E-state index contributed by atoms with van der Waals surface area (Å²) in [6, 6.07) is 29.0. The van der Waals surface area contributed by atoms with Crippen molar-refractivity contribution in [2.75, 3.05) is 26.2 Å². The average molecular weight is 437 g/mol. The Labute approximate surface area is 197 Å². The van der Waals surface area contributed by atoms with E-state index in [4.69, 9.17) is 0 Å². The van der Waals surface area contributed by atoms with Gasteiger partial charge >= 0.3 is 0 Å². The molecule has 3 aromatic rings. The van der Waals surface area contributed by atoms with Crippen molar-refractivity contribution in [3.8, 4) is 0 Å². The van der Waals surface area contributed by atoms with E-state index in [0.29, 0.717) is 6.54 Å². The first-order chi connectivity index (χ1) is 16.3. The van der Waals surface area contributed by atoms with Crippen LogP contribution >= 0.6 is 0 Å². The average Bonchev–Trinajstić information content (AvgIpc) is 3.23. The highest BCUT2D eigenvalue weighted by Gasteiger charge is 2.37. The van der Waals surface area contributed by atoms with Crippen molar-refractivity contribution < 1.29 is 4.79 Å². The predicted octanol–water partition coefficient (Wildman–Crippen LogP) is 5.39. The molecule has 0 radical (unpaired) electrons. The number of carbonyl (C=O) groups is 1. The Morgan fingerprint density at radius 2 is 1.45 bits per heavy atom. The van der Waals surface area contributed by atoms with Crippen LogP contribution in [0.4, 0.5) is 0 Å². The van der Waals surface area contributed by atoms with Crippen molar-refractivity contribution in [1.29, 1.82) is 0 Å². The van der Waals surface area contributed by atoms with Gasteiger partial charge in [0, 0.05) is 12.0 Å². The lowest BCUT2D eigenvalue weighted by molar-refractivity contribution is -0.121. The number of likely N-dealkylation sites (tertiary alicyclic amines) is 1. The molecule has 1 aliphatic carbocycles. The van der Waals surface area contributed by atoms with Crippen molar-refractivity contribution in [3.05, 3.63) is 113 Å². The summed E-state index contributed by atoms with van der Waals surface area (Å²) < 4.78 is 0. The van der Waals surface area contributed by atoms with E-state index in [1.54, 1.807) is 0 Å². The van der Waals surface area contributed by atoms with Crippen LogP contribution in [0.2, 0.25) is 0 Å². The predicted molar refractivity (Wildman–Crippen MR) is 135 cm³/mol. The number of hydrogen-bond acceptors (Lipinski definition) is 2. The quantitative estimate of drug-likeness (QED) is 0.504. The van der Waals surface area contributed by atoms with Crippen molar-refractivity contribution in [1.82, 2.24) is 10.2 Å². The normalized spacial score (nSPS) is 16.8. The molecule has 168 valence electrons. The van der Waals surface area contributed by atoms with Crippen LogP contribution in [-0.2, 0) is 10.2 Å². The fourth-order valence-electron chi connectivity index (χ4n) is 5.45. The molecule has 1 saturated heterocycles. The molecule has 0 saturated carbocycles. The molecule has 0 bridgehead atoms. The Kier molecular flexibility index (Phi) is 6.41. The molecule has 5 rings (SSSR count). The summed E-state index contributed by atoms with van der Waals surface area (Å²) in [6.07, 6.45) is 8.06. The van der Waals surface area contributed by atoms with Crippen molar-refractivity contribution in [3.63, 3.8) is 0 Å². The van der Waals surface area contributed by atoms with Crippen LogP contribution in [0, 0.1) is 0 Å². The number of carbonyl (C=O) groups excluding carboxylic acids is 1. The Bertz CT molecular complexity index is 1060. The van der Waals surface area contributed by atoms with Gasteiger partial charge in [-0.2, -0.15) is 0 Å². The Hall–Kier alpha value is -3.17. The molecule has 0 atom stereocenters. The van der Waals surface area contributed by atoms with E-state index < -0.39 is 0 Å². The van der Waals surface area contributed by atoms with E-state index in [0.717, 1.165) is 37.2 Å². The van der Waals surface area contributed by atoms with Gasteiger partial charge in [-0.3, -0.25) is 4.79 Å². The zero-order valence-electron chi connectivity index (χ0n) is 19.1. The first-order valence-corrected chi connectivity index (χ1v) is 12.1. The second kappa shape index (κ2) is 9.76. The molecular formula is C30H32N2O. The smallest absolute Gasteiger partial charge is 0.232 e. The van der Waals surface area contributed by atoms with Crippen LogP contribution in [-0.4, -0.2) is 37.0 Å². The van der Waals surface area contributed by atoms with Crippen molar-refractivity contribution in [2.24, 2.45) is 0 Å². The van der Waals surface area contributed by atoms with E-state index in [1.807, 2.05) is 60.7 Å². The minimum Gasteiger partial charge on any atom is -0.355 e. The number of benzene rings is 3. The number of nitrogens with zero attached hydrogens (tertiary/aromatic N) is 1. The lowest BCUT2D eigenvalue weighted by Crippen LogP contribution is -2.42. The summed E-state index contributed by atoms with van der Waals surface area (Å²) in [7, 11) is 0. The fourth-order valence-corrected chi connectivity index (χ4v) is 5.45. The maximum absolute atomic E-state index is 13.1. The van der Waals surface area contributed by atoms with E-state index in [1.165, 1.54) is 24.0 Å². The molecule has 0 unspecified atom stereocenters. The second-order valence-corrected chi connectivity index (χ2v) is 9.32. The second-order valence-electron chi connectivity index (χ2n) is 9.32. The highest BCUT2D eigenvalue weighted by molar-refractivity contribution is 5.87. The summed E-state index contributed by atoms with van der Waals surface area (Å²) in [5, 5.41) is 3.20. The van der Waals surface area contributed by atoms with Crippen LogP contribution in [0.5, 0.6) is 0 Å². The van der Waals surface area contributed by atoms with Crippen LogP contribution in [0.1, 0.15) is 47.4 Å². The molecule has 1 spiro atoms. The minimum atomic E-state index is -0.267. The first-order valence-electron chi connectivity index (χ1n) is 12.1. The summed E-state index contributed by atoms with van der Waals surface area (Å²) in [5.41, 5.74) is 5.20. The van der Waals surface area contributed by atoms with Crippen molar-refractivity contribution >= 4 is 12.0 Å². The molecule has 1 N–H and O–H groups in total. The number of nitrogens with one attached hydrogen (secondary N) is 1. The molecule has 1 amide bonds. The number of hydrogen-bond donors (Lipinski definition) is 1. The van der Waals surface area contributed by atoms with Gasteiger partial charge in [0.2, 0.25) is 5.91 Å². The highest BCUT2D eigenvalue weighted by atomic mass is 16.1. The number of allylic oxidation sites excluding steroid dienone is 1. The third-order valence-corrected chi connectivity index (χ3v) is 7.31. The maximum Gasteiger partial charge on any atom is 0.232 e. The number of fused-ring (bicyclic) bond motifs is 2. The zero-order valence-corrected chi connectivity index (χ0v) is 19.1. The number of piperidine rings is 1. The van der Waals surface area contributed by atoms with Crippen molar-refractivity contribution in [2.45, 2.75) is 30.6 Å². The van der Waals surface area contributed by atoms with Gasteiger partial charge in [-0.1, -0.05) is 97.1 Å². The molecule has 2 aliphatic rings. The fraction of sp³-hybridized carbons (Fsp3) is 0.300. The van der Waals surface area contributed by atoms with Gasteiger partial charge in [0.25, 0.3) is 0 Å². The molecule has 3 aromatic carbocycles. The Morgan fingerprint density at radius 3 is 2.12 bits per heavy atom. The van der Waals surface area contributed by atoms with Gasteiger partial charge in [0.1, 0.15) is 0 Å². The zero-order chi connectivity index (χ0) is 22.5. The van der Waals surface area contributed by atoms with Gasteiger partial charge < -0.3 is 10.2 Å². The Morgan fingerprint density at radius 1 is 0.848 bits per heavy atom. The first kappa shape index (κ1) is 21.7. The molecule has 1 heterocycles. The largest absolute Gasteiger partial charge is 0.355 e. The molecule has 0 aromatic heterocycles. The molecule has 3 heteroatoms. The van der Waals surface area contributed by atoms with Crippen LogP contribution in [0.15, 0.2) is 91.0 Å². The van der Waals surface area contributed by atoms with Gasteiger partial charge in [0.15, 0.2) is 0 Å². The lowest BCUT2D eigenvalue weighted by atomic mass is 9.74. The van der Waals surface area contributed by atoms with Gasteiger partial charge in [0.05, 0.1) is 5.92 Å². The number of amides is 1. The van der Waals surface area contributed by atoms with Gasteiger partial charge in [-0.25, -0.2) is 0 Å². The summed E-state index contributed by atoms with van der Waals surface area (Å²) in [6.45, 7) is 3.97.